The van der Waals surface area contributed by atoms with Crippen molar-refractivity contribution in [2.75, 3.05) is 13.7 Å². The third-order valence-electron chi connectivity index (χ3n) is 3.06. The number of carboxylic acids is 1. The maximum atomic E-state index is 11.3. The Morgan fingerprint density at radius 1 is 0.962 bits per heavy atom. The summed E-state index contributed by atoms with van der Waals surface area (Å²) in [5.41, 5.74) is 0. The third-order valence-corrected chi connectivity index (χ3v) is 6.36. The Balaban J connectivity index is 0.00000141. The van der Waals surface area contributed by atoms with E-state index < -0.39 is 48.5 Å². The molecule has 0 aromatic heterocycles. The Morgan fingerprint density at radius 3 is 1.81 bits per heavy atom. The van der Waals surface area contributed by atoms with Crippen LogP contribution in [0.25, 0.3) is 0 Å². The fraction of sp³-hybridized carbons (Fsp3) is 0.733. The van der Waals surface area contributed by atoms with Gasteiger partial charge in [-0.1, -0.05) is 0 Å². The van der Waals surface area contributed by atoms with Crippen molar-refractivity contribution in [2.24, 2.45) is 0 Å². The van der Waals surface area contributed by atoms with Gasteiger partial charge >= 0.3 is 145 Å². The van der Waals surface area contributed by atoms with Gasteiger partial charge in [0, 0.05) is 6.92 Å². The second-order valence-corrected chi connectivity index (χ2v) is 9.08. The summed E-state index contributed by atoms with van der Waals surface area (Å²) < 4.78 is 26.3. The minimum atomic E-state index is -0.838. The van der Waals surface area contributed by atoms with Gasteiger partial charge in [0.05, 0.1) is 0 Å². The van der Waals surface area contributed by atoms with Crippen LogP contribution in [-0.2, 0) is 69.0 Å². The number of aliphatic carboxylic acids is 1. The van der Waals surface area contributed by atoms with Gasteiger partial charge in [-0.15, -0.1) is 0 Å². The summed E-state index contributed by atoms with van der Waals surface area (Å²) in [5.74, 6) is -2.34. The molecule has 0 spiro atoms. The van der Waals surface area contributed by atoms with Gasteiger partial charge in [-0.2, -0.15) is 0 Å². The molecule has 11 heteroatoms. The molecule has 0 aromatic rings. The second kappa shape index (κ2) is 12.2. The van der Waals surface area contributed by atoms with Gasteiger partial charge in [0.15, 0.2) is 0 Å². The number of hydrogen-bond acceptors (Lipinski definition) is 9. The monoisotopic (exact) mass is 565 g/mol. The van der Waals surface area contributed by atoms with E-state index >= 15 is 0 Å². The number of methoxy groups -OCH3 is 1. The molecule has 1 heterocycles. The average Bonchev–Trinajstić information content (AvgIpc) is 2.48. The van der Waals surface area contributed by atoms with Crippen molar-refractivity contribution in [1.29, 1.82) is 0 Å². The molecule has 10 nitrogen and oxygen atoms in total. The quantitative estimate of drug-likeness (QED) is 0.281. The van der Waals surface area contributed by atoms with Crippen molar-refractivity contribution in [2.45, 2.75) is 55.7 Å². The molecule has 0 aliphatic carbocycles. The molecule has 1 saturated heterocycles. The van der Waals surface area contributed by atoms with Crippen molar-refractivity contribution in [3.63, 3.8) is 0 Å². The van der Waals surface area contributed by atoms with Crippen LogP contribution in [0.3, 0.4) is 0 Å². The maximum absolute atomic E-state index is 11.3. The number of rotatable bonds is 5. The first-order valence-corrected chi connectivity index (χ1v) is 10.9. The minimum absolute atomic E-state index is 0.120. The molecule has 0 amide bonds. The topological polar surface area (TPSA) is 135 Å². The molecule has 1 N–H and O–H groups in total. The van der Waals surface area contributed by atoms with Crippen LogP contribution in [0.4, 0.5) is 0 Å². The Labute approximate surface area is 167 Å². The van der Waals surface area contributed by atoms with E-state index in [1.54, 1.807) is 0 Å². The summed E-state index contributed by atoms with van der Waals surface area (Å²) in [6.45, 7) is 4.76. The molecular formula is C15H23HgO10. The first kappa shape index (κ1) is 24.7. The average molecular weight is 564 g/mol. The van der Waals surface area contributed by atoms with Crippen LogP contribution in [0.2, 0.25) is 3.43 Å². The van der Waals surface area contributed by atoms with Gasteiger partial charge in [-0.3, -0.25) is 4.79 Å². The van der Waals surface area contributed by atoms with Crippen LogP contribution in [-0.4, -0.2) is 67.3 Å². The second-order valence-electron chi connectivity index (χ2n) is 5.41. The number of esters is 3. The van der Waals surface area contributed by atoms with E-state index in [1.807, 2.05) is 0 Å². The summed E-state index contributed by atoms with van der Waals surface area (Å²) in [4.78, 5) is 42.7. The molecule has 5 unspecified atom stereocenters. The fourth-order valence-electron chi connectivity index (χ4n) is 2.21. The molecule has 145 valence electrons. The van der Waals surface area contributed by atoms with E-state index in [4.69, 9.17) is 33.6 Å². The molecule has 1 aliphatic heterocycles. The summed E-state index contributed by atoms with van der Waals surface area (Å²) in [6.07, 6.45) is -2.87. The van der Waals surface area contributed by atoms with Crippen molar-refractivity contribution in [3.8, 4) is 0 Å². The Bertz CT molecular complexity index is 505. The van der Waals surface area contributed by atoms with Crippen LogP contribution in [0.1, 0.15) is 27.7 Å². The van der Waals surface area contributed by atoms with E-state index in [-0.39, 0.29) is 36.2 Å². The van der Waals surface area contributed by atoms with Gasteiger partial charge in [0.2, 0.25) is 0 Å². The molecule has 0 aromatic carbocycles. The summed E-state index contributed by atoms with van der Waals surface area (Å²) >= 11 is 0.121. The van der Waals surface area contributed by atoms with Crippen molar-refractivity contribution in [3.05, 3.63) is 0 Å². The van der Waals surface area contributed by atoms with Crippen molar-refractivity contribution < 1.29 is 74.1 Å². The first-order valence-electron chi connectivity index (χ1n) is 7.68. The first-order chi connectivity index (χ1) is 12.0. The van der Waals surface area contributed by atoms with E-state index in [1.165, 1.54) is 27.9 Å². The summed E-state index contributed by atoms with van der Waals surface area (Å²) in [6, 6.07) is 0. The van der Waals surface area contributed by atoms with Crippen LogP contribution in [0.15, 0.2) is 0 Å². The van der Waals surface area contributed by atoms with Gasteiger partial charge in [0.25, 0.3) is 5.97 Å². The predicted molar refractivity (Wildman–Crippen MR) is 80.5 cm³/mol. The molecular weight excluding hydrogens is 541 g/mol. The van der Waals surface area contributed by atoms with Gasteiger partial charge in [-0.25, -0.2) is 0 Å². The number of hydrogen-bond donors (Lipinski definition) is 1. The molecule has 5 atom stereocenters. The van der Waals surface area contributed by atoms with Crippen molar-refractivity contribution in [1.82, 2.24) is 0 Å². The van der Waals surface area contributed by atoms with E-state index in [2.05, 4.69) is 0 Å². The number of ether oxygens (including phenoxy) is 5. The van der Waals surface area contributed by atoms with E-state index in [0.717, 1.165) is 6.92 Å². The Morgan fingerprint density at radius 2 is 1.42 bits per heavy atom. The zero-order valence-electron chi connectivity index (χ0n) is 15.4. The SMILES string of the molecule is CC(=O)O.COC1OC(COC(C)=O)C(OC(C)=O)C(OC(C)=O)[CH]1[Hg]. The zero-order chi connectivity index (χ0) is 20.4. The number of carbonyl (C=O) groups excluding carboxylic acids is 3. The van der Waals surface area contributed by atoms with E-state index in [0.29, 0.717) is 0 Å². The Kier molecular flexibility index (Phi) is 11.6. The van der Waals surface area contributed by atoms with Crippen LogP contribution in [0.5, 0.6) is 0 Å². The predicted octanol–water partition coefficient (Wildman–Crippen LogP) is 0.210. The summed E-state index contributed by atoms with van der Waals surface area (Å²) in [5, 5.41) is 7.42. The molecule has 0 bridgehead atoms. The van der Waals surface area contributed by atoms with Gasteiger partial charge in [-0.05, 0) is 0 Å². The molecule has 1 fully saturated rings. The number of carbonyl (C=O) groups is 4. The molecule has 1 rings (SSSR count). The Hall–Kier alpha value is -1.26. The molecule has 26 heavy (non-hydrogen) atoms. The fourth-order valence-corrected chi connectivity index (χ4v) is 4.80. The van der Waals surface area contributed by atoms with Gasteiger partial charge in [0.1, 0.15) is 0 Å². The standard InChI is InChI=1S/C13H19O8.C2H4O2.Hg/c1-7(14)18-6-11-13(20-9(3)16)10(19-8(2)15)5-12(17-4)21-11;1-2(3)4;/h5,10-13H,6H2,1-4H3;1H3,(H,3,4);. The van der Waals surface area contributed by atoms with Crippen LogP contribution in [0, 0.1) is 0 Å². The normalized spacial score (nSPS) is 27.4. The molecule has 0 radical (unpaired) electrons. The summed E-state index contributed by atoms with van der Waals surface area (Å²) in [7, 11) is 1.48. The van der Waals surface area contributed by atoms with Crippen molar-refractivity contribution >= 4 is 23.9 Å². The molecule has 1 aliphatic rings. The zero-order valence-corrected chi connectivity index (χ0v) is 20.9. The number of carboxylic acid groups (broad SMARTS) is 1. The van der Waals surface area contributed by atoms with Crippen LogP contribution < -0.4 is 0 Å². The van der Waals surface area contributed by atoms with Gasteiger partial charge < -0.3 is 5.11 Å². The van der Waals surface area contributed by atoms with Crippen LogP contribution >= 0.6 is 0 Å². The molecule has 0 saturated carbocycles. The third kappa shape index (κ3) is 9.44. The van der Waals surface area contributed by atoms with E-state index in [9.17, 15) is 14.4 Å².